The first-order chi connectivity index (χ1) is 18.6. The van der Waals surface area contributed by atoms with Gasteiger partial charge < -0.3 is 14.4 Å². The summed E-state index contributed by atoms with van der Waals surface area (Å²) in [5.41, 5.74) is 5.76. The van der Waals surface area contributed by atoms with Crippen LogP contribution in [0.15, 0.2) is 71.6 Å². The molecule has 0 atom stereocenters. The number of aromatic nitrogens is 2. The standard InChI is InChI=1S/C31H37N5O2S/c1-22-11-14-25(15-12-22)39(37,38)36(20-18-34(5)6)24-13-16-28-27(21-24)23(2)30-26-9-7-8-10-29(26)35(31(30)32-28)19-17-33(3)4/h7-16,21H,17-20H2,1-6H3. The third-order valence-electron chi connectivity index (χ3n) is 7.35. The summed E-state index contributed by atoms with van der Waals surface area (Å²) < 4.78 is 31.6. The molecule has 2 aromatic heterocycles. The van der Waals surface area contributed by atoms with E-state index < -0.39 is 10.0 Å². The molecule has 0 fully saturated rings. The van der Waals surface area contributed by atoms with Crippen molar-refractivity contribution in [3.63, 3.8) is 0 Å². The number of pyridine rings is 1. The van der Waals surface area contributed by atoms with Crippen LogP contribution in [0.5, 0.6) is 0 Å². The summed E-state index contributed by atoms with van der Waals surface area (Å²) >= 11 is 0. The van der Waals surface area contributed by atoms with Crippen LogP contribution in [0.3, 0.4) is 0 Å². The van der Waals surface area contributed by atoms with Gasteiger partial charge in [0, 0.05) is 42.3 Å². The third kappa shape index (κ3) is 5.12. The molecule has 0 radical (unpaired) electrons. The van der Waals surface area contributed by atoms with E-state index in [2.05, 4.69) is 54.8 Å². The number of hydrogen-bond donors (Lipinski definition) is 0. The number of sulfonamides is 1. The zero-order valence-electron chi connectivity index (χ0n) is 23.6. The highest BCUT2D eigenvalue weighted by atomic mass is 32.2. The Balaban J connectivity index is 1.70. The van der Waals surface area contributed by atoms with Gasteiger partial charge in [-0.05, 0) is 84.0 Å². The molecule has 39 heavy (non-hydrogen) atoms. The lowest BCUT2D eigenvalue weighted by atomic mass is 10.0. The lowest BCUT2D eigenvalue weighted by molar-refractivity contribution is 0.389. The molecule has 5 aromatic rings. The van der Waals surface area contributed by atoms with Crippen molar-refractivity contribution in [3.05, 3.63) is 77.9 Å². The van der Waals surface area contributed by atoms with Crippen molar-refractivity contribution in [1.82, 2.24) is 19.4 Å². The van der Waals surface area contributed by atoms with Crippen molar-refractivity contribution in [2.75, 3.05) is 52.1 Å². The van der Waals surface area contributed by atoms with Gasteiger partial charge >= 0.3 is 0 Å². The van der Waals surface area contributed by atoms with E-state index in [1.165, 1.54) is 9.69 Å². The molecule has 0 spiro atoms. The Morgan fingerprint density at radius 1 is 0.795 bits per heavy atom. The summed E-state index contributed by atoms with van der Waals surface area (Å²) in [6.45, 7) is 6.75. The summed E-state index contributed by atoms with van der Waals surface area (Å²) in [6, 6.07) is 21.3. The van der Waals surface area contributed by atoms with Crippen molar-refractivity contribution in [2.24, 2.45) is 0 Å². The van der Waals surface area contributed by atoms with Crippen LogP contribution in [0, 0.1) is 13.8 Å². The molecule has 7 nitrogen and oxygen atoms in total. The Kier molecular flexibility index (Phi) is 7.37. The fourth-order valence-corrected chi connectivity index (χ4v) is 6.59. The Bertz CT molecular complexity index is 1760. The summed E-state index contributed by atoms with van der Waals surface area (Å²) in [5.74, 6) is 0. The van der Waals surface area contributed by atoms with Gasteiger partial charge in [-0.1, -0.05) is 35.9 Å². The van der Waals surface area contributed by atoms with Gasteiger partial charge in [-0.2, -0.15) is 0 Å². The van der Waals surface area contributed by atoms with E-state index in [4.69, 9.17) is 4.98 Å². The number of likely N-dealkylation sites (N-methyl/N-ethyl adjacent to an activating group) is 2. The number of fused-ring (bicyclic) bond motifs is 4. The number of nitrogens with zero attached hydrogens (tertiary/aromatic N) is 5. The van der Waals surface area contributed by atoms with E-state index in [0.29, 0.717) is 23.7 Å². The van der Waals surface area contributed by atoms with E-state index >= 15 is 0 Å². The molecule has 0 bridgehead atoms. The molecule has 0 saturated heterocycles. The number of para-hydroxylation sites is 1. The van der Waals surface area contributed by atoms with Crippen molar-refractivity contribution < 1.29 is 8.42 Å². The Labute approximate surface area is 231 Å². The molecule has 0 aliphatic rings. The molecule has 0 amide bonds. The van der Waals surface area contributed by atoms with Crippen molar-refractivity contribution >= 4 is 48.5 Å². The van der Waals surface area contributed by atoms with Crippen LogP contribution in [0.1, 0.15) is 11.1 Å². The normalized spacial score (nSPS) is 12.4. The first-order valence-corrected chi connectivity index (χ1v) is 14.7. The third-order valence-corrected chi connectivity index (χ3v) is 9.19. The second-order valence-corrected chi connectivity index (χ2v) is 12.7. The fourth-order valence-electron chi connectivity index (χ4n) is 5.14. The van der Waals surface area contributed by atoms with Crippen LogP contribution in [0.25, 0.3) is 32.8 Å². The molecule has 0 N–H and O–H groups in total. The number of benzene rings is 3. The van der Waals surface area contributed by atoms with Crippen molar-refractivity contribution in [1.29, 1.82) is 0 Å². The quantitative estimate of drug-likeness (QED) is 0.253. The average Bonchev–Trinajstić information content (AvgIpc) is 3.21. The number of rotatable bonds is 9. The minimum absolute atomic E-state index is 0.293. The van der Waals surface area contributed by atoms with Crippen LogP contribution in [-0.4, -0.2) is 75.6 Å². The average molecular weight is 544 g/mol. The largest absolute Gasteiger partial charge is 0.324 e. The predicted octanol–water partition coefficient (Wildman–Crippen LogP) is 5.28. The van der Waals surface area contributed by atoms with E-state index in [9.17, 15) is 8.42 Å². The summed E-state index contributed by atoms with van der Waals surface area (Å²) in [4.78, 5) is 9.60. The molecule has 0 aliphatic heterocycles. The van der Waals surface area contributed by atoms with E-state index in [1.807, 2.05) is 56.3 Å². The van der Waals surface area contributed by atoms with Crippen LogP contribution in [0.2, 0.25) is 0 Å². The molecule has 0 unspecified atom stereocenters. The second kappa shape index (κ2) is 10.6. The maximum atomic E-state index is 13.9. The highest BCUT2D eigenvalue weighted by molar-refractivity contribution is 7.92. The lowest BCUT2D eigenvalue weighted by Crippen LogP contribution is -2.36. The van der Waals surface area contributed by atoms with Gasteiger partial charge in [0.25, 0.3) is 10.0 Å². The molecular formula is C31H37N5O2S. The van der Waals surface area contributed by atoms with Gasteiger partial charge in [-0.3, -0.25) is 4.31 Å². The predicted molar refractivity (Wildman–Crippen MR) is 162 cm³/mol. The van der Waals surface area contributed by atoms with Gasteiger partial charge in [-0.25, -0.2) is 13.4 Å². The highest BCUT2D eigenvalue weighted by Gasteiger charge is 2.26. The Morgan fingerprint density at radius 2 is 1.49 bits per heavy atom. The Morgan fingerprint density at radius 3 is 2.18 bits per heavy atom. The van der Waals surface area contributed by atoms with Gasteiger partial charge in [-0.15, -0.1) is 0 Å². The smallest absolute Gasteiger partial charge is 0.264 e. The molecule has 0 aliphatic carbocycles. The maximum Gasteiger partial charge on any atom is 0.264 e. The number of aryl methyl sites for hydroxylation is 2. The van der Waals surface area contributed by atoms with Crippen LogP contribution in [-0.2, 0) is 16.6 Å². The SMILES string of the molecule is Cc1ccc(S(=O)(=O)N(CCN(C)C)c2ccc3nc4c(c(C)c3c2)c2ccccc2n4CCN(C)C)cc1. The molecular weight excluding hydrogens is 506 g/mol. The van der Waals surface area contributed by atoms with E-state index in [1.54, 1.807) is 12.1 Å². The number of hydrogen-bond acceptors (Lipinski definition) is 5. The summed E-state index contributed by atoms with van der Waals surface area (Å²) in [6.07, 6.45) is 0. The van der Waals surface area contributed by atoms with Gasteiger partial charge in [0.2, 0.25) is 0 Å². The van der Waals surface area contributed by atoms with Crippen molar-refractivity contribution in [3.8, 4) is 0 Å². The highest BCUT2D eigenvalue weighted by Crippen LogP contribution is 2.36. The summed E-state index contributed by atoms with van der Waals surface area (Å²) in [5, 5.41) is 3.25. The molecule has 3 aromatic carbocycles. The Hall–Kier alpha value is -3.46. The maximum absolute atomic E-state index is 13.9. The van der Waals surface area contributed by atoms with Crippen LogP contribution in [0.4, 0.5) is 5.69 Å². The first kappa shape index (κ1) is 27.1. The van der Waals surface area contributed by atoms with Crippen molar-refractivity contribution in [2.45, 2.75) is 25.3 Å². The number of anilines is 1. The molecule has 204 valence electrons. The first-order valence-electron chi connectivity index (χ1n) is 13.3. The van der Waals surface area contributed by atoms with Gasteiger partial charge in [0.1, 0.15) is 5.65 Å². The van der Waals surface area contributed by atoms with E-state index in [-0.39, 0.29) is 0 Å². The van der Waals surface area contributed by atoms with Crippen LogP contribution >= 0.6 is 0 Å². The van der Waals surface area contributed by atoms with Gasteiger partial charge in [0.05, 0.1) is 21.6 Å². The molecule has 2 heterocycles. The van der Waals surface area contributed by atoms with E-state index in [0.717, 1.165) is 51.7 Å². The topological polar surface area (TPSA) is 61.7 Å². The second-order valence-electron chi connectivity index (χ2n) is 10.8. The minimum Gasteiger partial charge on any atom is -0.324 e. The zero-order chi connectivity index (χ0) is 27.9. The van der Waals surface area contributed by atoms with Crippen LogP contribution < -0.4 is 4.31 Å². The molecule has 0 saturated carbocycles. The van der Waals surface area contributed by atoms with Gasteiger partial charge in [0.15, 0.2) is 0 Å². The minimum atomic E-state index is -3.76. The fraction of sp³-hybridized carbons (Fsp3) is 0.323. The lowest BCUT2D eigenvalue weighted by Gasteiger charge is -2.26. The molecule has 8 heteroatoms. The summed E-state index contributed by atoms with van der Waals surface area (Å²) in [7, 11) is 4.30. The molecule has 5 rings (SSSR count). The monoisotopic (exact) mass is 543 g/mol. The zero-order valence-corrected chi connectivity index (χ0v) is 24.5.